The first kappa shape index (κ1) is 50.0. The van der Waals surface area contributed by atoms with E-state index in [4.69, 9.17) is 0 Å². The Morgan fingerprint density at radius 1 is 0.750 bits per heavy atom. The molecule has 0 aliphatic heterocycles. The van der Waals surface area contributed by atoms with Gasteiger partial charge >= 0.3 is 69.3 Å². The summed E-state index contributed by atoms with van der Waals surface area (Å²) in [6.07, 6.45) is 0. The van der Waals surface area contributed by atoms with E-state index < -0.39 is 0 Å². The molecule has 0 aliphatic carbocycles. The van der Waals surface area contributed by atoms with E-state index in [-0.39, 0.29) is 66.1 Å². The van der Waals surface area contributed by atoms with Crippen molar-refractivity contribution in [2.45, 2.75) is 0 Å². The minimum atomic E-state index is -0.363. The molecule has 42 valence electrons. The summed E-state index contributed by atoms with van der Waals surface area (Å²) in [6, 6.07) is 0. The zero-order chi connectivity index (χ0) is 2.71. The Hall–Kier alpha value is 2.07. The van der Waals surface area contributed by atoms with Crippen LogP contribution >= 0.6 is 19.6 Å². The average molecular weight is 262 g/mol. The van der Waals surface area contributed by atoms with Crippen LogP contribution in [0.1, 0.15) is 0 Å². The van der Waals surface area contributed by atoms with E-state index >= 15 is 0 Å². The maximum absolute atomic E-state index is 4.34. The fraction of sp³-hybridized carbons (Fsp3) is 0. The summed E-state index contributed by atoms with van der Waals surface area (Å²) >= 11 is -0.363. The van der Waals surface area contributed by atoms with Gasteiger partial charge in [0, 0.05) is 0 Å². The Balaban J connectivity index is -0.00000000200. The van der Waals surface area contributed by atoms with Gasteiger partial charge in [-0.2, -0.15) is 0 Å². The SMILES string of the molecule is [Al+3].[Al+3].[O-2].[O-2].[O-2].[S]=[Mo]=[S]. The zero-order valence-corrected chi connectivity index (χ0v) is 9.55. The molecule has 0 aromatic heterocycles. The molecule has 0 N–H and O–H groups in total. The van der Waals surface area contributed by atoms with Crippen LogP contribution in [0.25, 0.3) is 0 Å². The molecule has 8 heavy (non-hydrogen) atoms. The molecule has 8 heteroatoms. The van der Waals surface area contributed by atoms with Crippen molar-refractivity contribution >= 4 is 54.4 Å². The van der Waals surface area contributed by atoms with Gasteiger partial charge in [0.1, 0.15) is 0 Å². The molecule has 3 nitrogen and oxygen atoms in total. The third kappa shape index (κ3) is 94.0. The van der Waals surface area contributed by atoms with Crippen LogP contribution in [0.3, 0.4) is 0 Å². The average Bonchev–Trinajstić information content (AvgIpc) is 0.918. The van der Waals surface area contributed by atoms with E-state index in [1.54, 1.807) is 0 Å². The molecule has 0 aliphatic rings. The van der Waals surface area contributed by atoms with Crippen molar-refractivity contribution < 1.29 is 31.4 Å². The predicted molar refractivity (Wildman–Crippen MR) is 28.7 cm³/mol. The van der Waals surface area contributed by atoms with Crippen LogP contribution in [0.15, 0.2) is 0 Å². The number of hydrogen-bond acceptors (Lipinski definition) is 2. The molecule has 0 unspecified atom stereocenters. The number of rotatable bonds is 0. The summed E-state index contributed by atoms with van der Waals surface area (Å²) in [5.41, 5.74) is 0. The Labute approximate surface area is 84.8 Å². The molecule has 0 saturated heterocycles. The van der Waals surface area contributed by atoms with Gasteiger partial charge in [0.2, 0.25) is 0 Å². The van der Waals surface area contributed by atoms with E-state index in [2.05, 4.69) is 19.6 Å². The van der Waals surface area contributed by atoms with Gasteiger partial charge in [0.05, 0.1) is 0 Å². The molecule has 0 heterocycles. The molecular formula is Al2MoO3S2. The molecule has 0 aromatic carbocycles. The van der Waals surface area contributed by atoms with Crippen molar-refractivity contribution in [2.24, 2.45) is 0 Å². The van der Waals surface area contributed by atoms with Gasteiger partial charge in [-0.1, -0.05) is 0 Å². The normalized spacial score (nSPS) is 1.50. The summed E-state index contributed by atoms with van der Waals surface area (Å²) in [4.78, 5) is 0. The van der Waals surface area contributed by atoms with Gasteiger partial charge < -0.3 is 16.4 Å². The molecule has 0 bridgehead atoms. The Kier molecular flexibility index (Phi) is 391. The molecule has 0 amide bonds. The van der Waals surface area contributed by atoms with Crippen molar-refractivity contribution in [3.63, 3.8) is 0 Å². The maximum atomic E-state index is 4.34. The summed E-state index contributed by atoms with van der Waals surface area (Å²) in [7, 11) is 8.68. The van der Waals surface area contributed by atoms with E-state index in [1.165, 1.54) is 0 Å². The Morgan fingerprint density at radius 2 is 0.750 bits per heavy atom. The summed E-state index contributed by atoms with van der Waals surface area (Å²) in [5, 5.41) is 0. The van der Waals surface area contributed by atoms with Crippen molar-refractivity contribution in [1.82, 2.24) is 0 Å². The minimum absolute atomic E-state index is 0. The monoisotopic (exact) mass is 264 g/mol. The molecule has 0 radical (unpaired) electrons. The third-order valence-corrected chi connectivity index (χ3v) is 0. The first-order chi connectivity index (χ1) is 1.41. The van der Waals surface area contributed by atoms with E-state index in [1.807, 2.05) is 0 Å². The van der Waals surface area contributed by atoms with Gasteiger partial charge in [-0.15, -0.1) is 0 Å². The fourth-order valence-electron chi connectivity index (χ4n) is 0. The van der Waals surface area contributed by atoms with Gasteiger partial charge in [-0.3, -0.25) is 0 Å². The molecule has 0 fully saturated rings. The molecule has 0 aromatic rings. The quantitative estimate of drug-likeness (QED) is 0.583. The van der Waals surface area contributed by atoms with Crippen LogP contribution in [-0.4, -0.2) is 34.7 Å². The van der Waals surface area contributed by atoms with Gasteiger partial charge in [-0.05, 0) is 0 Å². The topological polar surface area (TPSA) is 85.5 Å². The standard InChI is InChI=1S/2Al.Mo.3O.2S/q2*+3;;3*-2;;. The molecule has 0 rings (SSSR count). The van der Waals surface area contributed by atoms with Gasteiger partial charge in [-0.25, -0.2) is 0 Å². The second-order valence-corrected chi connectivity index (χ2v) is 3.62. The van der Waals surface area contributed by atoms with Crippen molar-refractivity contribution in [1.29, 1.82) is 0 Å². The number of hydrogen-bond donors (Lipinski definition) is 0. The van der Waals surface area contributed by atoms with Crippen molar-refractivity contribution in [2.75, 3.05) is 0 Å². The molecular weight excluding hydrogens is 262 g/mol. The Bertz CT molecular complexity index is 36.3. The fourth-order valence-corrected chi connectivity index (χ4v) is 0. The molecule has 0 atom stereocenters. The van der Waals surface area contributed by atoms with E-state index in [0.717, 1.165) is 0 Å². The molecule has 0 saturated carbocycles. The predicted octanol–water partition coefficient (Wildman–Crippen LogP) is 0.176. The van der Waals surface area contributed by atoms with Crippen LogP contribution in [-0.2, 0) is 31.4 Å². The zero-order valence-electron chi connectivity index (χ0n) is 3.60. The van der Waals surface area contributed by atoms with Crippen LogP contribution in [0, 0.1) is 0 Å². The summed E-state index contributed by atoms with van der Waals surface area (Å²) in [6.45, 7) is 0. The third-order valence-electron chi connectivity index (χ3n) is 0. The van der Waals surface area contributed by atoms with Crippen molar-refractivity contribution in [3.8, 4) is 0 Å². The second-order valence-electron chi connectivity index (χ2n) is 0.0680. The van der Waals surface area contributed by atoms with Crippen LogP contribution in [0.2, 0.25) is 0 Å². The Morgan fingerprint density at radius 3 is 0.750 bits per heavy atom. The summed E-state index contributed by atoms with van der Waals surface area (Å²) in [5.74, 6) is 0. The van der Waals surface area contributed by atoms with Gasteiger partial charge in [0.15, 0.2) is 0 Å². The van der Waals surface area contributed by atoms with Gasteiger partial charge in [0.25, 0.3) is 0 Å². The second kappa shape index (κ2) is 62.6. The van der Waals surface area contributed by atoms with Crippen LogP contribution in [0.5, 0.6) is 0 Å². The van der Waals surface area contributed by atoms with Crippen LogP contribution in [0.4, 0.5) is 0 Å². The summed E-state index contributed by atoms with van der Waals surface area (Å²) < 4.78 is 0. The first-order valence-electron chi connectivity index (χ1n) is 0.333. The van der Waals surface area contributed by atoms with Crippen LogP contribution < -0.4 is 0 Å². The van der Waals surface area contributed by atoms with E-state index in [9.17, 15) is 0 Å². The first-order valence-corrected chi connectivity index (χ1v) is 5.92. The van der Waals surface area contributed by atoms with Crippen molar-refractivity contribution in [3.05, 3.63) is 0 Å². The molecule has 0 spiro atoms. The van der Waals surface area contributed by atoms with E-state index in [0.29, 0.717) is 0 Å².